The molecule has 3 nitrogen and oxygen atoms in total. The maximum atomic E-state index is 6.78. The molecule has 3 heterocycles. The molecule has 0 bridgehead atoms. The molecule has 0 amide bonds. The van der Waals surface area contributed by atoms with Crippen molar-refractivity contribution in [1.29, 1.82) is 0 Å². The highest BCUT2D eigenvalue weighted by molar-refractivity contribution is 6.19. The molecule has 0 N–H and O–H groups in total. The zero-order valence-corrected chi connectivity index (χ0v) is 28.8. The Morgan fingerprint density at radius 2 is 0.887 bits per heavy atom. The number of para-hydroxylation sites is 4. The molecule has 3 aromatic heterocycles. The largest absolute Gasteiger partial charge is 0.455 e. The summed E-state index contributed by atoms with van der Waals surface area (Å²) in [4.78, 5) is 0. The van der Waals surface area contributed by atoms with Crippen LogP contribution in [0.15, 0.2) is 199 Å². The number of hydrogen-bond acceptors (Lipinski definition) is 1. The molecule has 0 unspecified atom stereocenters. The standard InChI is InChI=1S/C50H32N2O/c1-4-14-33(15-5-1)39-21-12-23-43-44-24-13-22-40(50(44)53-49(39)43)34-26-29-38(30-27-34)51-45-25-11-10-20-41(45)42-31-28-36-32-46(35-16-6-2-7-17-35)52(47(36)48(42)51)37-18-8-3-9-19-37/h1-32H. The molecule has 0 spiro atoms. The summed E-state index contributed by atoms with van der Waals surface area (Å²) in [5, 5.41) is 5.92. The average molecular weight is 677 g/mol. The highest BCUT2D eigenvalue weighted by Crippen LogP contribution is 2.43. The second kappa shape index (κ2) is 11.7. The van der Waals surface area contributed by atoms with E-state index in [0.29, 0.717) is 0 Å². The fourth-order valence-corrected chi connectivity index (χ4v) is 8.36. The molecule has 8 aromatic carbocycles. The van der Waals surface area contributed by atoms with Crippen LogP contribution in [-0.2, 0) is 0 Å². The van der Waals surface area contributed by atoms with Gasteiger partial charge in [-0.05, 0) is 53.1 Å². The molecule has 0 saturated heterocycles. The predicted octanol–water partition coefficient (Wildman–Crippen LogP) is 13.6. The summed E-state index contributed by atoms with van der Waals surface area (Å²) in [6, 6.07) is 69.5. The van der Waals surface area contributed by atoms with Crippen LogP contribution in [0, 0.1) is 0 Å². The van der Waals surface area contributed by atoms with E-state index < -0.39 is 0 Å². The van der Waals surface area contributed by atoms with Crippen LogP contribution in [0.25, 0.3) is 99.5 Å². The molecule has 0 radical (unpaired) electrons. The Labute approximate surface area is 306 Å². The summed E-state index contributed by atoms with van der Waals surface area (Å²) in [5.41, 5.74) is 14.4. The van der Waals surface area contributed by atoms with Gasteiger partial charge in [-0.25, -0.2) is 0 Å². The third-order valence-corrected chi connectivity index (χ3v) is 10.7. The Kier molecular flexibility index (Phi) is 6.55. The number of hydrogen-bond donors (Lipinski definition) is 0. The van der Waals surface area contributed by atoms with Crippen LogP contribution in [0.1, 0.15) is 0 Å². The van der Waals surface area contributed by atoms with Gasteiger partial charge >= 0.3 is 0 Å². The number of fused-ring (bicyclic) bond motifs is 8. The van der Waals surface area contributed by atoms with Gasteiger partial charge in [-0.1, -0.05) is 158 Å². The molecule has 11 aromatic rings. The maximum Gasteiger partial charge on any atom is 0.143 e. The zero-order valence-electron chi connectivity index (χ0n) is 28.8. The van der Waals surface area contributed by atoms with Crippen LogP contribution in [0.5, 0.6) is 0 Å². The van der Waals surface area contributed by atoms with Gasteiger partial charge in [-0.3, -0.25) is 0 Å². The molecular formula is C50H32N2O. The molecular weight excluding hydrogens is 645 g/mol. The number of benzene rings is 8. The molecule has 0 atom stereocenters. The van der Waals surface area contributed by atoms with Gasteiger partial charge in [0.15, 0.2) is 0 Å². The Bertz CT molecular complexity index is 3130. The van der Waals surface area contributed by atoms with E-state index in [0.717, 1.165) is 55.6 Å². The van der Waals surface area contributed by atoms with Gasteiger partial charge in [0.05, 0.1) is 22.2 Å². The summed E-state index contributed by atoms with van der Waals surface area (Å²) in [7, 11) is 0. The molecule has 53 heavy (non-hydrogen) atoms. The molecule has 0 aliphatic rings. The van der Waals surface area contributed by atoms with Crippen molar-refractivity contribution in [3.05, 3.63) is 194 Å². The number of nitrogens with zero attached hydrogens (tertiary/aromatic N) is 2. The molecule has 3 heteroatoms. The summed E-state index contributed by atoms with van der Waals surface area (Å²) in [6.45, 7) is 0. The summed E-state index contributed by atoms with van der Waals surface area (Å²) < 4.78 is 11.7. The smallest absolute Gasteiger partial charge is 0.143 e. The minimum atomic E-state index is 0.909. The van der Waals surface area contributed by atoms with Crippen molar-refractivity contribution in [3.63, 3.8) is 0 Å². The fraction of sp³-hybridized carbons (Fsp3) is 0. The Balaban J connectivity index is 1.13. The first-order valence-electron chi connectivity index (χ1n) is 18.1. The number of furan rings is 1. The first-order chi connectivity index (χ1) is 26.3. The van der Waals surface area contributed by atoms with Crippen molar-refractivity contribution in [2.45, 2.75) is 0 Å². The zero-order chi connectivity index (χ0) is 34.9. The Morgan fingerprint density at radius 3 is 1.57 bits per heavy atom. The van der Waals surface area contributed by atoms with Crippen LogP contribution in [0.4, 0.5) is 0 Å². The van der Waals surface area contributed by atoms with Crippen molar-refractivity contribution < 1.29 is 4.42 Å². The van der Waals surface area contributed by atoms with E-state index in [-0.39, 0.29) is 0 Å². The summed E-state index contributed by atoms with van der Waals surface area (Å²) in [6.07, 6.45) is 0. The van der Waals surface area contributed by atoms with Crippen LogP contribution < -0.4 is 0 Å². The highest BCUT2D eigenvalue weighted by Gasteiger charge is 2.21. The Hall–Kier alpha value is -7.10. The number of rotatable bonds is 5. The molecule has 0 saturated carbocycles. The van der Waals surface area contributed by atoms with E-state index in [1.165, 1.54) is 44.0 Å². The fourth-order valence-electron chi connectivity index (χ4n) is 8.36. The lowest BCUT2D eigenvalue weighted by molar-refractivity contribution is 0.671. The van der Waals surface area contributed by atoms with Gasteiger partial charge in [-0.15, -0.1) is 0 Å². The predicted molar refractivity (Wildman–Crippen MR) is 221 cm³/mol. The van der Waals surface area contributed by atoms with E-state index >= 15 is 0 Å². The summed E-state index contributed by atoms with van der Waals surface area (Å²) >= 11 is 0. The van der Waals surface area contributed by atoms with E-state index in [4.69, 9.17) is 4.42 Å². The van der Waals surface area contributed by atoms with Gasteiger partial charge in [0.2, 0.25) is 0 Å². The highest BCUT2D eigenvalue weighted by atomic mass is 16.3. The first-order valence-corrected chi connectivity index (χ1v) is 18.1. The lowest BCUT2D eigenvalue weighted by atomic mass is 10.00. The SMILES string of the molecule is c1ccc(-c2cccc3c2oc2c(-c4ccc(-n5c6ccccc6c6ccc7cc(-c8ccccc8)n(-c8ccccc8)c7c65)cc4)cccc23)cc1. The van der Waals surface area contributed by atoms with Crippen molar-refractivity contribution in [1.82, 2.24) is 9.13 Å². The lowest BCUT2D eigenvalue weighted by Crippen LogP contribution is -2.00. The Morgan fingerprint density at radius 1 is 0.340 bits per heavy atom. The van der Waals surface area contributed by atoms with Crippen molar-refractivity contribution in [2.24, 2.45) is 0 Å². The minimum absolute atomic E-state index is 0.909. The van der Waals surface area contributed by atoms with Crippen molar-refractivity contribution in [3.8, 4) is 44.9 Å². The van der Waals surface area contributed by atoms with Gasteiger partial charge < -0.3 is 13.6 Å². The molecule has 0 fully saturated rings. The average Bonchev–Trinajstić information content (AvgIpc) is 3.92. The van der Waals surface area contributed by atoms with Gasteiger partial charge in [-0.2, -0.15) is 0 Å². The second-order valence-electron chi connectivity index (χ2n) is 13.7. The third kappa shape index (κ3) is 4.54. The van der Waals surface area contributed by atoms with Crippen LogP contribution in [0.3, 0.4) is 0 Å². The van der Waals surface area contributed by atoms with Crippen LogP contribution >= 0.6 is 0 Å². The number of aromatic nitrogens is 2. The van der Waals surface area contributed by atoms with E-state index in [1.54, 1.807) is 0 Å². The van der Waals surface area contributed by atoms with Crippen molar-refractivity contribution in [2.75, 3.05) is 0 Å². The normalized spacial score (nSPS) is 11.8. The molecule has 0 aliphatic carbocycles. The molecule has 11 rings (SSSR count). The molecule has 0 aliphatic heterocycles. The van der Waals surface area contributed by atoms with Crippen LogP contribution in [0.2, 0.25) is 0 Å². The van der Waals surface area contributed by atoms with E-state index in [1.807, 2.05) is 0 Å². The minimum Gasteiger partial charge on any atom is -0.455 e. The van der Waals surface area contributed by atoms with Crippen molar-refractivity contribution >= 4 is 54.6 Å². The summed E-state index contributed by atoms with van der Waals surface area (Å²) in [5.74, 6) is 0. The van der Waals surface area contributed by atoms with Gasteiger partial charge in [0.1, 0.15) is 11.2 Å². The van der Waals surface area contributed by atoms with Crippen LogP contribution in [-0.4, -0.2) is 9.13 Å². The lowest BCUT2D eigenvalue weighted by Gasteiger charge is -2.14. The maximum absolute atomic E-state index is 6.78. The van der Waals surface area contributed by atoms with Gasteiger partial charge in [0.25, 0.3) is 0 Å². The third-order valence-electron chi connectivity index (χ3n) is 10.7. The van der Waals surface area contributed by atoms with E-state index in [2.05, 4.69) is 203 Å². The topological polar surface area (TPSA) is 23.0 Å². The van der Waals surface area contributed by atoms with E-state index in [9.17, 15) is 0 Å². The molecule has 248 valence electrons. The quantitative estimate of drug-likeness (QED) is 0.178. The monoisotopic (exact) mass is 676 g/mol. The van der Waals surface area contributed by atoms with Gasteiger partial charge in [0, 0.05) is 49.4 Å². The first kappa shape index (κ1) is 29.6. The second-order valence-corrected chi connectivity index (χ2v) is 13.7.